The van der Waals surface area contributed by atoms with E-state index in [1.165, 1.54) is 0 Å². The van der Waals surface area contributed by atoms with Crippen LogP contribution in [0.1, 0.15) is 267 Å². The van der Waals surface area contributed by atoms with Crippen LogP contribution in [0.15, 0.2) is 280 Å². The van der Waals surface area contributed by atoms with Crippen molar-refractivity contribution in [2.45, 2.75) is 166 Å². The minimum atomic E-state index is -0.143. The molecule has 0 aliphatic carbocycles. The molecule has 8 aromatic heterocycles. The van der Waals surface area contributed by atoms with Gasteiger partial charge in [-0.05, 0) is 193 Å². The molecule has 0 aliphatic rings. The summed E-state index contributed by atoms with van der Waals surface area (Å²) >= 11 is 0. The molecule has 724 valence electrons. The van der Waals surface area contributed by atoms with Crippen molar-refractivity contribution < 1.29 is 47.8 Å². The second-order valence-corrected chi connectivity index (χ2v) is 36.3. The Kier molecular flexibility index (Phi) is 36.9. The van der Waals surface area contributed by atoms with Gasteiger partial charge in [-0.15, -0.1) is 0 Å². The molecule has 0 saturated carbocycles. The lowest BCUT2D eigenvalue weighted by molar-refractivity contribution is 0.0932. The first-order chi connectivity index (χ1) is 68.9. The van der Waals surface area contributed by atoms with E-state index in [1.807, 2.05) is 166 Å². The van der Waals surface area contributed by atoms with Gasteiger partial charge in [0.15, 0.2) is 23.1 Å². The number of unbranched alkanes of at least 4 members (excludes halogenated alkanes) is 4. The molecule has 142 heavy (non-hydrogen) atoms. The summed E-state index contributed by atoms with van der Waals surface area (Å²) in [6, 6.07) is 74.8. The van der Waals surface area contributed by atoms with Crippen LogP contribution in [0.5, 0.6) is 11.5 Å². The van der Waals surface area contributed by atoms with Gasteiger partial charge >= 0.3 is 0 Å². The van der Waals surface area contributed by atoms with Crippen LogP contribution in [-0.2, 0) is 25.7 Å². The van der Waals surface area contributed by atoms with E-state index < -0.39 is 0 Å². The molecule has 8 aromatic carbocycles. The molecule has 8 heterocycles. The Balaban J connectivity index is 0.000000159. The Bertz CT molecular complexity index is 7100. The lowest BCUT2D eigenvalue weighted by atomic mass is 9.85. The van der Waals surface area contributed by atoms with Gasteiger partial charge in [0.05, 0.1) is 81.3 Å². The quantitative estimate of drug-likeness (QED) is 0.0208. The average molecular weight is 1890 g/mol. The molecule has 0 unspecified atom stereocenters. The number of Topliss-reactive ketones (excluding diaryl/α,β-unsaturated/α-hetero) is 4. The maximum atomic E-state index is 13.5. The Labute approximate surface area is 831 Å². The Hall–Kier alpha value is -15.8. The number of nitrogens with zero attached hydrogens (tertiary/aromatic N) is 8. The Morgan fingerprint density at radius 2 is 0.577 bits per heavy atom. The van der Waals surface area contributed by atoms with Crippen LogP contribution >= 0.6 is 0 Å². The number of rotatable bonds is 37. The highest BCUT2D eigenvalue weighted by atomic mass is 16.5. The molecule has 22 heteroatoms. The van der Waals surface area contributed by atoms with Crippen molar-refractivity contribution in [1.82, 2.24) is 61.1 Å². The van der Waals surface area contributed by atoms with Gasteiger partial charge in [0, 0.05) is 173 Å². The maximum absolute atomic E-state index is 13.5. The zero-order chi connectivity index (χ0) is 101. The van der Waals surface area contributed by atoms with E-state index in [0.29, 0.717) is 139 Å². The van der Waals surface area contributed by atoms with Crippen LogP contribution in [-0.4, -0.2) is 127 Å². The number of fused-ring (bicyclic) bond motifs is 4. The Morgan fingerprint density at radius 1 is 0.296 bits per heavy atom. The summed E-state index contributed by atoms with van der Waals surface area (Å²) in [6.45, 7) is 22.5. The molecule has 0 radical (unpaired) electrons. The van der Waals surface area contributed by atoms with Crippen LogP contribution in [0.4, 0.5) is 0 Å². The number of ketones is 4. The average Bonchev–Trinajstić information content (AvgIpc) is 0.773. The molecular formula is C120H124N12O10. The topological polar surface area (TPSA) is 306 Å². The molecule has 4 N–H and O–H groups in total. The summed E-state index contributed by atoms with van der Waals surface area (Å²) in [5.41, 5.74) is 22.3. The predicted molar refractivity (Wildman–Crippen MR) is 567 cm³/mol. The van der Waals surface area contributed by atoms with Crippen molar-refractivity contribution in [2.75, 3.05) is 40.4 Å². The fourth-order valence-electron chi connectivity index (χ4n) is 16.7. The van der Waals surface area contributed by atoms with E-state index in [-0.39, 0.29) is 52.2 Å². The number of amides is 4. The number of ether oxygens (including phenoxy) is 2. The third-order valence-corrected chi connectivity index (χ3v) is 24.6. The standard InChI is InChI=1S/C33H37N3O3.C30H31N3O3.C29H29N3O2.C28H27N3O2/c1-6-7-15-34-32(38)23-13-14-28(35-20-23)26-17-25-24(16-22-11-9-8-10-12-22)27(30(37)19-33(2,3)4)21-36-29(25)18-31(26)39-5;1-4-6-14-31-30(35)21-12-13-26(32-18-21)24-16-23-22(15-20-10-8-7-9-11-20)25(28(34)5-2)19-33-27(23)17-29(24)36-3;1-3-5-15-30-29(34)22-12-13-26(31-18-22)21-11-14-27-24(17-21)23(16-20-9-7-6-8-10-20)25(19-32-27)28(33)4-2;1-3-4-14-29-28(33)22-11-12-26(30-17-22)21-10-13-27-24(16-21)23(25(18-31-27)19(2)32)15-20-8-6-5-7-9-20/h8-14,17-18,20-21H,6-7,15-16,19H2,1-5H3,(H,34,38);7-13,16-19H,4-6,14-15H2,1-3H3,(H,31,35);6-14,17-19H,3-5,15-16H2,1-2H3,(H,30,34);5-13,16-18H,3-4,14-15H2,1-2H3,(H,29,33). The van der Waals surface area contributed by atoms with Crippen LogP contribution in [0.2, 0.25) is 0 Å². The number of aromatic nitrogens is 8. The van der Waals surface area contributed by atoms with Crippen LogP contribution in [0.25, 0.3) is 88.6 Å². The number of methoxy groups -OCH3 is 2. The summed E-state index contributed by atoms with van der Waals surface area (Å²) in [7, 11) is 3.23. The minimum Gasteiger partial charge on any atom is -0.496 e. The van der Waals surface area contributed by atoms with E-state index in [1.54, 1.807) is 95.0 Å². The number of nitrogens with one attached hydrogen (secondary N) is 4. The normalized spacial score (nSPS) is 11.0. The molecule has 0 spiro atoms. The first-order valence-electron chi connectivity index (χ1n) is 49.0. The van der Waals surface area contributed by atoms with Crippen molar-refractivity contribution in [1.29, 1.82) is 0 Å². The monoisotopic (exact) mass is 1890 g/mol. The minimum absolute atomic E-state index is 0.00250. The van der Waals surface area contributed by atoms with Crippen molar-refractivity contribution in [2.24, 2.45) is 5.41 Å². The number of pyridine rings is 8. The van der Waals surface area contributed by atoms with Gasteiger partial charge in [0.25, 0.3) is 23.6 Å². The Morgan fingerprint density at radius 3 is 0.852 bits per heavy atom. The molecule has 0 atom stereocenters. The first-order valence-corrected chi connectivity index (χ1v) is 49.0. The smallest absolute Gasteiger partial charge is 0.252 e. The second kappa shape index (κ2) is 50.7. The third kappa shape index (κ3) is 27.2. The van der Waals surface area contributed by atoms with Gasteiger partial charge in [-0.25, -0.2) is 0 Å². The van der Waals surface area contributed by atoms with Gasteiger partial charge < -0.3 is 30.7 Å². The maximum Gasteiger partial charge on any atom is 0.252 e. The predicted octanol–water partition coefficient (Wildman–Crippen LogP) is 24.7. The van der Waals surface area contributed by atoms with E-state index in [9.17, 15) is 38.4 Å². The number of hydrogen-bond acceptors (Lipinski definition) is 18. The van der Waals surface area contributed by atoms with Crippen LogP contribution in [0.3, 0.4) is 0 Å². The van der Waals surface area contributed by atoms with Crippen molar-refractivity contribution in [3.63, 3.8) is 0 Å². The number of benzene rings is 8. The summed E-state index contributed by atoms with van der Waals surface area (Å²) in [5.74, 6) is 0.990. The van der Waals surface area contributed by atoms with Crippen LogP contribution < -0.4 is 30.7 Å². The fraction of sp³-hybridized carbons (Fsp3) is 0.267. The molecule has 4 amide bonds. The lowest BCUT2D eigenvalue weighted by Gasteiger charge is -2.19. The fourth-order valence-corrected chi connectivity index (χ4v) is 16.7. The van der Waals surface area contributed by atoms with E-state index in [2.05, 4.69) is 164 Å². The van der Waals surface area contributed by atoms with Crippen LogP contribution in [0, 0.1) is 5.41 Å². The molecule has 0 bridgehead atoms. The third-order valence-electron chi connectivity index (χ3n) is 24.6. The van der Waals surface area contributed by atoms with Crippen molar-refractivity contribution >= 4 is 90.4 Å². The largest absolute Gasteiger partial charge is 0.496 e. The van der Waals surface area contributed by atoms with Crippen molar-refractivity contribution in [3.05, 3.63) is 369 Å². The zero-order valence-corrected chi connectivity index (χ0v) is 83.2. The van der Waals surface area contributed by atoms with Gasteiger partial charge in [0.2, 0.25) is 0 Å². The van der Waals surface area contributed by atoms with Gasteiger partial charge in [-0.1, -0.05) is 221 Å². The first kappa shape index (κ1) is 104. The number of hydrogen-bond donors (Lipinski definition) is 4. The molecule has 16 aromatic rings. The molecular weight excluding hydrogens is 1770 g/mol. The van der Waals surface area contributed by atoms with Gasteiger partial charge in [0.1, 0.15) is 11.5 Å². The van der Waals surface area contributed by atoms with E-state index >= 15 is 0 Å². The molecule has 0 fully saturated rings. The highest BCUT2D eigenvalue weighted by Crippen LogP contribution is 2.40. The van der Waals surface area contributed by atoms with Gasteiger partial charge in [-0.2, -0.15) is 0 Å². The summed E-state index contributed by atoms with van der Waals surface area (Å²) in [4.78, 5) is 137. The van der Waals surface area contributed by atoms with E-state index in [4.69, 9.17) is 9.47 Å². The molecule has 0 saturated heterocycles. The van der Waals surface area contributed by atoms with Crippen molar-refractivity contribution in [3.8, 4) is 56.5 Å². The zero-order valence-electron chi connectivity index (χ0n) is 83.2. The highest BCUT2D eigenvalue weighted by Gasteiger charge is 2.27. The lowest BCUT2D eigenvalue weighted by Crippen LogP contribution is -2.24. The number of carbonyl (C=O) groups excluding carboxylic acids is 8. The molecule has 16 rings (SSSR count). The number of carbonyl (C=O) groups is 8. The summed E-state index contributed by atoms with van der Waals surface area (Å²) in [5, 5.41) is 15.3. The van der Waals surface area contributed by atoms with E-state index in [0.717, 1.165) is 173 Å². The summed E-state index contributed by atoms with van der Waals surface area (Å²) < 4.78 is 11.4. The summed E-state index contributed by atoms with van der Waals surface area (Å²) in [6.07, 6.45) is 24.8. The van der Waals surface area contributed by atoms with Gasteiger partial charge in [-0.3, -0.25) is 78.2 Å². The SMILES string of the molecule is CCCCNC(=O)c1ccc(-c2cc3c(Cc4ccccc4)c(C(=O)CC(C)(C)C)cnc3cc2OC)nc1.CCCCNC(=O)c1ccc(-c2cc3c(Cc4ccccc4)c(C(=O)CC)cnc3cc2OC)nc1.CCCCNC(=O)c1ccc(-c2ccc3ncc(C(=O)CC)c(Cc4ccccc4)c3c2)nc1.CCCCNC(=O)c1ccc(-c2ccc3ncc(C(C)=O)c(Cc4ccccc4)c3c2)nc1. The molecule has 22 nitrogen and oxygen atoms in total. The molecule has 0 aliphatic heterocycles. The highest BCUT2D eigenvalue weighted by molar-refractivity contribution is 6.07. The second-order valence-electron chi connectivity index (χ2n) is 36.3.